The first-order chi connectivity index (χ1) is 12.2. The van der Waals surface area contributed by atoms with E-state index in [1.807, 2.05) is 18.2 Å². The minimum Gasteiger partial charge on any atom is -0.295 e. The van der Waals surface area contributed by atoms with Gasteiger partial charge in [0.05, 0.1) is 16.8 Å². The monoisotopic (exact) mass is 349 g/mol. The number of anilines is 1. The Morgan fingerprint density at radius 1 is 0.846 bits per heavy atom. The third-order valence-corrected chi connectivity index (χ3v) is 4.86. The standard InChI is InChI=1S/C22H23NO3/c1-12(2)16-7-6-8-17(13(3)4)20(16)23-21(25)18-10-9-15(14(5)24)11-19(18)22(23)26/h6-13H,1-5H3. The number of para-hydroxylation sites is 1. The summed E-state index contributed by atoms with van der Waals surface area (Å²) >= 11 is 0. The molecule has 4 heteroatoms. The summed E-state index contributed by atoms with van der Waals surface area (Å²) in [5.74, 6) is -0.475. The van der Waals surface area contributed by atoms with Gasteiger partial charge in [-0.25, -0.2) is 4.90 Å². The summed E-state index contributed by atoms with van der Waals surface area (Å²) in [5.41, 5.74) is 3.72. The second-order valence-corrected chi connectivity index (χ2v) is 7.36. The van der Waals surface area contributed by atoms with Crippen molar-refractivity contribution >= 4 is 23.3 Å². The van der Waals surface area contributed by atoms with Crippen molar-refractivity contribution in [2.45, 2.75) is 46.5 Å². The zero-order valence-corrected chi connectivity index (χ0v) is 15.8. The Bertz CT molecular complexity index is 899. The Morgan fingerprint density at radius 2 is 1.38 bits per heavy atom. The van der Waals surface area contributed by atoms with Gasteiger partial charge in [0.15, 0.2) is 5.78 Å². The second-order valence-electron chi connectivity index (χ2n) is 7.36. The maximum absolute atomic E-state index is 13.1. The van der Waals surface area contributed by atoms with Crippen LogP contribution in [0.2, 0.25) is 0 Å². The number of hydrogen-bond donors (Lipinski definition) is 0. The van der Waals surface area contributed by atoms with E-state index in [0.717, 1.165) is 11.1 Å². The van der Waals surface area contributed by atoms with Crippen molar-refractivity contribution in [3.05, 3.63) is 64.2 Å². The molecular formula is C22H23NO3. The van der Waals surface area contributed by atoms with Crippen LogP contribution in [0.1, 0.15) is 88.7 Å². The lowest BCUT2D eigenvalue weighted by molar-refractivity contribution is 0.0924. The van der Waals surface area contributed by atoms with E-state index in [4.69, 9.17) is 0 Å². The highest BCUT2D eigenvalue weighted by Gasteiger charge is 2.39. The molecular weight excluding hydrogens is 326 g/mol. The average Bonchev–Trinajstić information content (AvgIpc) is 2.84. The lowest BCUT2D eigenvalue weighted by Crippen LogP contribution is -2.31. The van der Waals surface area contributed by atoms with Gasteiger partial charge in [-0.2, -0.15) is 0 Å². The fourth-order valence-corrected chi connectivity index (χ4v) is 3.43. The van der Waals surface area contributed by atoms with E-state index in [0.29, 0.717) is 22.4 Å². The van der Waals surface area contributed by atoms with Crippen LogP contribution in [0.25, 0.3) is 0 Å². The quantitative estimate of drug-likeness (QED) is 0.580. The van der Waals surface area contributed by atoms with Gasteiger partial charge < -0.3 is 0 Å². The Hall–Kier alpha value is -2.75. The van der Waals surface area contributed by atoms with Crippen LogP contribution in [0.15, 0.2) is 36.4 Å². The van der Waals surface area contributed by atoms with Gasteiger partial charge in [0.2, 0.25) is 0 Å². The van der Waals surface area contributed by atoms with Gasteiger partial charge in [-0.1, -0.05) is 52.0 Å². The molecule has 134 valence electrons. The van der Waals surface area contributed by atoms with Crippen molar-refractivity contribution in [1.82, 2.24) is 0 Å². The van der Waals surface area contributed by atoms with Crippen molar-refractivity contribution in [2.24, 2.45) is 0 Å². The molecule has 0 aromatic heterocycles. The molecule has 1 aliphatic rings. The van der Waals surface area contributed by atoms with Crippen molar-refractivity contribution in [2.75, 3.05) is 4.90 Å². The smallest absolute Gasteiger partial charge is 0.266 e. The number of rotatable bonds is 4. The number of Topliss-reactive ketones (excluding diaryl/α,β-unsaturated/α-hetero) is 1. The zero-order chi connectivity index (χ0) is 19.2. The molecule has 2 aromatic carbocycles. The summed E-state index contributed by atoms with van der Waals surface area (Å²) < 4.78 is 0. The summed E-state index contributed by atoms with van der Waals surface area (Å²) in [4.78, 5) is 39.1. The largest absolute Gasteiger partial charge is 0.295 e. The van der Waals surface area contributed by atoms with Gasteiger partial charge in [-0.3, -0.25) is 14.4 Å². The first-order valence-electron chi connectivity index (χ1n) is 8.90. The molecule has 0 spiro atoms. The third-order valence-electron chi connectivity index (χ3n) is 4.86. The number of fused-ring (bicyclic) bond motifs is 1. The summed E-state index contributed by atoms with van der Waals surface area (Å²) in [7, 11) is 0. The summed E-state index contributed by atoms with van der Waals surface area (Å²) in [6.07, 6.45) is 0. The second kappa shape index (κ2) is 6.52. The summed E-state index contributed by atoms with van der Waals surface area (Å²) in [6, 6.07) is 10.6. The van der Waals surface area contributed by atoms with E-state index in [1.54, 1.807) is 12.1 Å². The summed E-state index contributed by atoms with van der Waals surface area (Å²) in [5, 5.41) is 0. The van der Waals surface area contributed by atoms with E-state index >= 15 is 0 Å². The van der Waals surface area contributed by atoms with Crippen LogP contribution in [-0.4, -0.2) is 17.6 Å². The van der Waals surface area contributed by atoms with Crippen LogP contribution in [0, 0.1) is 0 Å². The van der Waals surface area contributed by atoms with Crippen molar-refractivity contribution in [3.63, 3.8) is 0 Å². The van der Waals surface area contributed by atoms with Crippen LogP contribution in [0.4, 0.5) is 5.69 Å². The van der Waals surface area contributed by atoms with E-state index in [-0.39, 0.29) is 29.4 Å². The van der Waals surface area contributed by atoms with Gasteiger partial charge >= 0.3 is 0 Å². The first-order valence-corrected chi connectivity index (χ1v) is 8.90. The molecule has 0 fully saturated rings. The van der Waals surface area contributed by atoms with Gasteiger partial charge in [0.1, 0.15) is 0 Å². The molecule has 26 heavy (non-hydrogen) atoms. The van der Waals surface area contributed by atoms with Crippen LogP contribution in [-0.2, 0) is 0 Å². The van der Waals surface area contributed by atoms with E-state index in [1.165, 1.54) is 17.9 Å². The molecule has 1 heterocycles. The van der Waals surface area contributed by atoms with Gasteiger partial charge in [0.25, 0.3) is 11.8 Å². The molecule has 0 unspecified atom stereocenters. The number of carbonyl (C=O) groups excluding carboxylic acids is 3. The lowest BCUT2D eigenvalue weighted by Gasteiger charge is -2.25. The normalized spacial score (nSPS) is 13.7. The van der Waals surface area contributed by atoms with Gasteiger partial charge in [-0.05, 0) is 42.0 Å². The average molecular weight is 349 g/mol. The van der Waals surface area contributed by atoms with E-state index in [2.05, 4.69) is 27.7 Å². The summed E-state index contributed by atoms with van der Waals surface area (Å²) in [6.45, 7) is 9.65. The fourth-order valence-electron chi connectivity index (χ4n) is 3.43. The minimum absolute atomic E-state index is 0.128. The Balaban J connectivity index is 2.22. The fraction of sp³-hybridized carbons (Fsp3) is 0.318. The predicted molar refractivity (Wildman–Crippen MR) is 102 cm³/mol. The highest BCUT2D eigenvalue weighted by atomic mass is 16.2. The number of ketones is 1. The van der Waals surface area contributed by atoms with E-state index < -0.39 is 0 Å². The molecule has 0 N–H and O–H groups in total. The molecule has 0 radical (unpaired) electrons. The number of amides is 2. The molecule has 2 aromatic rings. The lowest BCUT2D eigenvalue weighted by atomic mass is 9.92. The Morgan fingerprint density at radius 3 is 1.88 bits per heavy atom. The van der Waals surface area contributed by atoms with E-state index in [9.17, 15) is 14.4 Å². The third kappa shape index (κ3) is 2.75. The van der Waals surface area contributed by atoms with Gasteiger partial charge in [0, 0.05) is 5.56 Å². The number of nitrogens with zero attached hydrogens (tertiary/aromatic N) is 1. The maximum Gasteiger partial charge on any atom is 0.266 e. The Kier molecular flexibility index (Phi) is 4.53. The first kappa shape index (κ1) is 18.1. The highest BCUT2D eigenvalue weighted by Crippen LogP contribution is 2.39. The number of imide groups is 1. The Labute approximate surface area is 153 Å². The van der Waals surface area contributed by atoms with Crippen molar-refractivity contribution in [1.29, 1.82) is 0 Å². The highest BCUT2D eigenvalue weighted by molar-refractivity contribution is 6.35. The molecule has 0 saturated heterocycles. The zero-order valence-electron chi connectivity index (χ0n) is 15.8. The van der Waals surface area contributed by atoms with Crippen LogP contribution in [0.3, 0.4) is 0 Å². The molecule has 4 nitrogen and oxygen atoms in total. The number of carbonyl (C=O) groups is 3. The molecule has 0 atom stereocenters. The SMILES string of the molecule is CC(=O)c1ccc2c(c1)C(=O)N(c1c(C(C)C)cccc1C(C)C)C2=O. The molecule has 3 rings (SSSR count). The predicted octanol–water partition coefficient (Wildman–Crippen LogP) is 4.94. The minimum atomic E-state index is -0.358. The van der Waals surface area contributed by atoms with Crippen LogP contribution in [0.5, 0.6) is 0 Å². The molecule has 2 amide bonds. The number of benzene rings is 2. The van der Waals surface area contributed by atoms with Crippen molar-refractivity contribution < 1.29 is 14.4 Å². The van der Waals surface area contributed by atoms with Crippen LogP contribution < -0.4 is 4.90 Å². The molecule has 0 saturated carbocycles. The van der Waals surface area contributed by atoms with Gasteiger partial charge in [-0.15, -0.1) is 0 Å². The maximum atomic E-state index is 13.1. The molecule has 1 aliphatic heterocycles. The number of hydrogen-bond acceptors (Lipinski definition) is 3. The van der Waals surface area contributed by atoms with Crippen LogP contribution >= 0.6 is 0 Å². The molecule has 0 aliphatic carbocycles. The topological polar surface area (TPSA) is 54.5 Å². The van der Waals surface area contributed by atoms with Crippen molar-refractivity contribution in [3.8, 4) is 0 Å². The molecule has 0 bridgehead atoms.